The van der Waals surface area contributed by atoms with Gasteiger partial charge in [-0.15, -0.1) is 0 Å². The summed E-state index contributed by atoms with van der Waals surface area (Å²) in [5, 5.41) is 11.9. The molecule has 2 N–H and O–H groups in total. The first kappa shape index (κ1) is 13.3. The molecule has 102 valence electrons. The molecule has 0 unspecified atom stereocenters. The lowest BCUT2D eigenvalue weighted by Gasteiger charge is -2.22. The minimum atomic E-state index is -5.19. The maximum Gasteiger partial charge on any atom is 0.432 e. The van der Waals surface area contributed by atoms with Crippen LogP contribution in [0, 0.1) is 0 Å². The molecule has 19 heavy (non-hydrogen) atoms. The fourth-order valence-electron chi connectivity index (χ4n) is 1.74. The van der Waals surface area contributed by atoms with Gasteiger partial charge < -0.3 is 15.2 Å². The van der Waals surface area contributed by atoms with E-state index in [4.69, 9.17) is 0 Å². The highest BCUT2D eigenvalue weighted by atomic mass is 19.4. The molecule has 1 aliphatic rings. The van der Waals surface area contributed by atoms with Crippen LogP contribution in [0.3, 0.4) is 0 Å². The number of benzene rings is 1. The van der Waals surface area contributed by atoms with E-state index in [1.54, 1.807) is 0 Å². The average molecular weight is 275 g/mol. The Morgan fingerprint density at radius 2 is 2.05 bits per heavy atom. The van der Waals surface area contributed by atoms with Crippen LogP contribution in [0.25, 0.3) is 0 Å². The molecule has 1 aromatic carbocycles. The number of halogens is 3. The van der Waals surface area contributed by atoms with Gasteiger partial charge in [-0.2, -0.15) is 13.2 Å². The van der Waals surface area contributed by atoms with Gasteiger partial charge in [-0.25, -0.2) is 4.79 Å². The number of alkyl halides is 3. The van der Waals surface area contributed by atoms with Crippen LogP contribution in [0.1, 0.15) is 12.5 Å². The summed E-state index contributed by atoms with van der Waals surface area (Å²) in [6, 6.07) is 3.07. The van der Waals surface area contributed by atoms with Crippen molar-refractivity contribution in [3.63, 3.8) is 0 Å². The van der Waals surface area contributed by atoms with Gasteiger partial charge in [0.15, 0.2) is 0 Å². The van der Waals surface area contributed by atoms with Crippen LogP contribution in [0.15, 0.2) is 18.2 Å². The second-order valence-electron chi connectivity index (χ2n) is 3.99. The summed E-state index contributed by atoms with van der Waals surface area (Å²) in [5.41, 5.74) is -4.21. The van der Waals surface area contributed by atoms with E-state index in [0.29, 0.717) is 0 Å². The number of nitrogens with one attached hydrogen (secondary N) is 1. The Morgan fingerprint density at radius 3 is 2.58 bits per heavy atom. The molecule has 0 saturated carbocycles. The third-order valence-electron chi connectivity index (χ3n) is 2.60. The van der Waals surface area contributed by atoms with Crippen LogP contribution in [-0.2, 0) is 15.2 Å². The van der Waals surface area contributed by atoms with Gasteiger partial charge in [0.25, 0.3) is 5.60 Å². The summed E-state index contributed by atoms with van der Waals surface area (Å²) >= 11 is 0. The van der Waals surface area contributed by atoms with Crippen molar-refractivity contribution in [2.45, 2.75) is 18.7 Å². The molecule has 1 aromatic rings. The highest BCUT2D eigenvalue weighted by Crippen LogP contribution is 2.48. The Labute approximate surface area is 105 Å². The molecule has 0 aromatic heterocycles. The van der Waals surface area contributed by atoms with Crippen molar-refractivity contribution in [2.75, 3.05) is 5.32 Å². The topological polar surface area (TPSA) is 75.6 Å². The van der Waals surface area contributed by atoms with Crippen molar-refractivity contribution in [1.82, 2.24) is 0 Å². The van der Waals surface area contributed by atoms with Crippen LogP contribution in [0.5, 0.6) is 5.75 Å². The first-order chi connectivity index (χ1) is 8.66. The highest BCUT2D eigenvalue weighted by Gasteiger charge is 2.66. The van der Waals surface area contributed by atoms with E-state index in [-0.39, 0.29) is 5.69 Å². The number of anilines is 1. The van der Waals surface area contributed by atoms with Crippen LogP contribution in [0.2, 0.25) is 0 Å². The Balaban J connectivity index is 2.49. The Bertz CT molecular complexity index is 570. The molecule has 0 saturated heterocycles. The lowest BCUT2D eigenvalue weighted by Crippen LogP contribution is -2.47. The van der Waals surface area contributed by atoms with Crippen LogP contribution in [-0.4, -0.2) is 23.2 Å². The Morgan fingerprint density at radius 1 is 1.42 bits per heavy atom. The van der Waals surface area contributed by atoms with Gasteiger partial charge in [0.05, 0.1) is 0 Å². The molecule has 0 radical (unpaired) electrons. The summed E-state index contributed by atoms with van der Waals surface area (Å²) < 4.78 is 42.7. The molecule has 1 heterocycles. The number of ether oxygens (including phenoxy) is 1. The zero-order chi connectivity index (χ0) is 14.4. The maximum absolute atomic E-state index is 12.8. The molecule has 0 fully saturated rings. The minimum Gasteiger partial charge on any atom is -0.423 e. The van der Waals surface area contributed by atoms with Gasteiger partial charge in [0.2, 0.25) is 5.91 Å². The van der Waals surface area contributed by atoms with Gasteiger partial charge in [0.1, 0.15) is 5.75 Å². The monoisotopic (exact) mass is 275 g/mol. The summed E-state index contributed by atoms with van der Waals surface area (Å²) in [7, 11) is 0. The molecular weight excluding hydrogens is 267 g/mol. The summed E-state index contributed by atoms with van der Waals surface area (Å²) in [6.45, 7) is 1.21. The number of hydrogen-bond acceptors (Lipinski definition) is 4. The number of esters is 1. The molecule has 0 bridgehead atoms. The molecule has 1 atom stereocenters. The fraction of sp³-hybridized carbons (Fsp3) is 0.273. The molecule has 1 amide bonds. The molecule has 5 nitrogen and oxygen atoms in total. The van der Waals surface area contributed by atoms with Crippen LogP contribution < -0.4 is 10.1 Å². The number of hydrogen-bond donors (Lipinski definition) is 2. The van der Waals surface area contributed by atoms with E-state index < -0.39 is 35.0 Å². The lowest BCUT2D eigenvalue weighted by atomic mass is 9.94. The lowest BCUT2D eigenvalue weighted by molar-refractivity contribution is -0.258. The number of carbonyl (C=O) groups is 2. The van der Waals surface area contributed by atoms with Gasteiger partial charge in [-0.1, -0.05) is 0 Å². The molecular formula is C11H8F3NO4. The molecule has 8 heteroatoms. The SMILES string of the molecule is CC(=O)Nc1ccc2c(c1)OC(=O)[C@]2(O)C(F)(F)F. The zero-order valence-corrected chi connectivity index (χ0v) is 9.54. The summed E-state index contributed by atoms with van der Waals surface area (Å²) in [4.78, 5) is 22.1. The minimum absolute atomic E-state index is 0.158. The molecule has 0 aliphatic carbocycles. The van der Waals surface area contributed by atoms with E-state index in [2.05, 4.69) is 10.1 Å². The average Bonchev–Trinajstić information content (AvgIpc) is 2.50. The van der Waals surface area contributed by atoms with E-state index in [0.717, 1.165) is 18.2 Å². The predicted octanol–water partition coefficient (Wildman–Crippen LogP) is 1.31. The van der Waals surface area contributed by atoms with E-state index in [1.165, 1.54) is 6.92 Å². The van der Waals surface area contributed by atoms with Gasteiger partial charge in [-0.3, -0.25) is 4.79 Å². The number of aliphatic hydroxyl groups is 1. The van der Waals surface area contributed by atoms with Crippen molar-refractivity contribution in [1.29, 1.82) is 0 Å². The number of fused-ring (bicyclic) bond motifs is 1. The van der Waals surface area contributed by atoms with Crippen LogP contribution >= 0.6 is 0 Å². The normalized spacial score (nSPS) is 21.8. The zero-order valence-electron chi connectivity index (χ0n) is 9.54. The summed E-state index contributed by atoms with van der Waals surface area (Å²) in [6.07, 6.45) is -5.19. The number of rotatable bonds is 1. The third kappa shape index (κ3) is 1.93. The van der Waals surface area contributed by atoms with E-state index in [1.807, 2.05) is 0 Å². The van der Waals surface area contributed by atoms with Crippen LogP contribution in [0.4, 0.5) is 18.9 Å². The van der Waals surface area contributed by atoms with E-state index in [9.17, 15) is 27.9 Å². The second-order valence-corrected chi connectivity index (χ2v) is 3.99. The van der Waals surface area contributed by atoms with E-state index >= 15 is 0 Å². The van der Waals surface area contributed by atoms with Gasteiger partial charge in [-0.05, 0) is 12.1 Å². The van der Waals surface area contributed by atoms with Gasteiger partial charge in [0, 0.05) is 24.2 Å². The van der Waals surface area contributed by atoms with Crippen molar-refractivity contribution >= 4 is 17.6 Å². The third-order valence-corrected chi connectivity index (χ3v) is 2.60. The fourth-order valence-corrected chi connectivity index (χ4v) is 1.74. The quantitative estimate of drug-likeness (QED) is 0.598. The van der Waals surface area contributed by atoms with Crippen molar-refractivity contribution < 1.29 is 32.6 Å². The predicted molar refractivity (Wildman–Crippen MR) is 56.3 cm³/mol. The molecule has 0 spiro atoms. The van der Waals surface area contributed by atoms with Crippen molar-refractivity contribution in [3.05, 3.63) is 23.8 Å². The molecule has 2 rings (SSSR count). The first-order valence-corrected chi connectivity index (χ1v) is 5.10. The summed E-state index contributed by atoms with van der Waals surface area (Å²) in [5.74, 6) is -2.68. The standard InChI is InChI=1S/C11H8F3NO4/c1-5(16)15-6-2-3-7-8(4-6)19-9(17)10(7,18)11(12,13)14/h2-4,18H,1H3,(H,15,16)/t10-/m0/s1. The highest BCUT2D eigenvalue weighted by molar-refractivity contribution is 5.92. The Hall–Kier alpha value is -2.09. The smallest absolute Gasteiger partial charge is 0.423 e. The van der Waals surface area contributed by atoms with Gasteiger partial charge >= 0.3 is 12.1 Å². The largest absolute Gasteiger partial charge is 0.432 e. The van der Waals surface area contributed by atoms with Crippen molar-refractivity contribution in [3.8, 4) is 5.75 Å². The van der Waals surface area contributed by atoms with Crippen molar-refractivity contribution in [2.24, 2.45) is 0 Å². The Kier molecular flexibility index (Phi) is 2.78. The maximum atomic E-state index is 12.8. The second kappa shape index (κ2) is 3.95. The molecule has 1 aliphatic heterocycles. The first-order valence-electron chi connectivity index (χ1n) is 5.10. The number of amides is 1. The number of carbonyl (C=O) groups excluding carboxylic acids is 2.